The average Bonchev–Trinajstić information content (AvgIpc) is 3.11. The van der Waals surface area contributed by atoms with E-state index in [9.17, 15) is 9.90 Å². The fraction of sp³-hybridized carbons (Fsp3) is 0.167. The third-order valence-electron chi connectivity index (χ3n) is 5.25. The molecule has 0 aliphatic carbocycles. The molecule has 1 atom stereocenters. The van der Waals surface area contributed by atoms with Crippen molar-refractivity contribution in [1.82, 2.24) is 0 Å². The van der Waals surface area contributed by atoms with Crippen molar-refractivity contribution in [2.45, 2.75) is 25.6 Å². The summed E-state index contributed by atoms with van der Waals surface area (Å²) < 4.78 is 5.91. The highest BCUT2D eigenvalue weighted by Crippen LogP contribution is 2.36. The maximum absolute atomic E-state index is 11.9. The molecule has 1 aliphatic rings. The largest absolute Gasteiger partial charge is 0.489 e. The van der Waals surface area contributed by atoms with E-state index in [2.05, 4.69) is 0 Å². The lowest BCUT2D eigenvalue weighted by Gasteiger charge is -2.25. The van der Waals surface area contributed by atoms with E-state index in [1.807, 2.05) is 77.7 Å². The zero-order chi connectivity index (χ0) is 21.1. The van der Waals surface area contributed by atoms with Crippen LogP contribution in [0.3, 0.4) is 0 Å². The van der Waals surface area contributed by atoms with Crippen molar-refractivity contribution in [2.24, 2.45) is 5.73 Å². The molecule has 1 heterocycles. The molecular weight excluding hydrogens is 396 g/mol. The van der Waals surface area contributed by atoms with Gasteiger partial charge in [-0.25, -0.2) is 4.79 Å². The van der Waals surface area contributed by atoms with Crippen LogP contribution < -0.4 is 15.4 Å². The van der Waals surface area contributed by atoms with Gasteiger partial charge in [0.1, 0.15) is 23.4 Å². The molecule has 30 heavy (non-hydrogen) atoms. The fourth-order valence-electron chi connectivity index (χ4n) is 3.76. The summed E-state index contributed by atoms with van der Waals surface area (Å²) in [5, 5.41) is 9.78. The van der Waals surface area contributed by atoms with Crippen LogP contribution in [-0.4, -0.2) is 22.1 Å². The van der Waals surface area contributed by atoms with E-state index < -0.39 is 12.0 Å². The number of anilines is 1. The molecular formula is C24H22N2O3S. The predicted molar refractivity (Wildman–Crippen MR) is 121 cm³/mol. The summed E-state index contributed by atoms with van der Waals surface area (Å²) in [6, 6.07) is 22.7. The highest BCUT2D eigenvalue weighted by molar-refractivity contribution is 7.80. The number of fused-ring (bicyclic) bond motifs is 1. The molecule has 152 valence electrons. The molecule has 0 aromatic heterocycles. The molecule has 4 rings (SSSR count). The van der Waals surface area contributed by atoms with Gasteiger partial charge in [0, 0.05) is 24.2 Å². The number of benzene rings is 3. The van der Waals surface area contributed by atoms with Crippen molar-refractivity contribution in [2.75, 3.05) is 4.90 Å². The van der Waals surface area contributed by atoms with Crippen LogP contribution in [0.15, 0.2) is 72.8 Å². The number of aliphatic carboxylic acids is 1. The van der Waals surface area contributed by atoms with Gasteiger partial charge in [-0.1, -0.05) is 60.7 Å². The number of rotatable bonds is 7. The zero-order valence-corrected chi connectivity index (χ0v) is 17.1. The number of hydrogen-bond acceptors (Lipinski definition) is 4. The van der Waals surface area contributed by atoms with Gasteiger partial charge in [0.25, 0.3) is 0 Å². The molecule has 0 radical (unpaired) electrons. The van der Waals surface area contributed by atoms with E-state index in [1.54, 1.807) is 0 Å². The summed E-state index contributed by atoms with van der Waals surface area (Å²) in [6.45, 7) is 0.933. The number of hydrogen-bond donors (Lipinski definition) is 2. The van der Waals surface area contributed by atoms with Crippen LogP contribution >= 0.6 is 12.2 Å². The van der Waals surface area contributed by atoms with Crippen LogP contribution in [0.1, 0.15) is 22.3 Å². The van der Waals surface area contributed by atoms with Crippen molar-refractivity contribution in [1.29, 1.82) is 0 Å². The minimum atomic E-state index is -0.844. The van der Waals surface area contributed by atoms with Crippen LogP contribution in [-0.2, 0) is 24.4 Å². The predicted octanol–water partition coefficient (Wildman–Crippen LogP) is 3.92. The van der Waals surface area contributed by atoms with Crippen molar-refractivity contribution < 1.29 is 14.6 Å². The van der Waals surface area contributed by atoms with E-state index >= 15 is 0 Å². The molecule has 6 heteroatoms. The van der Waals surface area contributed by atoms with Gasteiger partial charge in [-0.15, -0.1) is 0 Å². The summed E-state index contributed by atoms with van der Waals surface area (Å²) in [5.41, 5.74) is 10.4. The molecule has 0 saturated carbocycles. The van der Waals surface area contributed by atoms with Crippen LogP contribution in [0.4, 0.5) is 5.69 Å². The molecule has 5 nitrogen and oxygen atoms in total. The Bertz CT molecular complexity index is 1080. The molecule has 1 aliphatic heterocycles. The first-order valence-corrected chi connectivity index (χ1v) is 10.1. The van der Waals surface area contributed by atoms with Gasteiger partial charge in [0.15, 0.2) is 0 Å². The Labute approximate surface area is 180 Å². The van der Waals surface area contributed by atoms with Gasteiger partial charge < -0.3 is 20.5 Å². The second-order valence-electron chi connectivity index (χ2n) is 7.32. The third-order valence-corrected chi connectivity index (χ3v) is 5.48. The molecule has 3 N–H and O–H groups in total. The second-order valence-corrected chi connectivity index (χ2v) is 7.76. The van der Waals surface area contributed by atoms with Crippen LogP contribution in [0.25, 0.3) is 0 Å². The molecule has 0 spiro atoms. The highest BCUT2D eigenvalue weighted by Gasteiger charge is 2.34. The maximum atomic E-state index is 11.9. The van der Waals surface area contributed by atoms with Gasteiger partial charge in [0.05, 0.1) is 0 Å². The van der Waals surface area contributed by atoms with Gasteiger partial charge >= 0.3 is 5.97 Å². The second kappa shape index (κ2) is 8.55. The van der Waals surface area contributed by atoms with Crippen molar-refractivity contribution >= 4 is 28.9 Å². The molecule has 1 unspecified atom stereocenters. The lowest BCUT2D eigenvalue weighted by molar-refractivity contribution is -0.138. The Hall–Kier alpha value is -3.38. The highest BCUT2D eigenvalue weighted by atomic mass is 32.1. The smallest absolute Gasteiger partial charge is 0.326 e. The molecule has 3 aromatic rings. The minimum Gasteiger partial charge on any atom is -0.489 e. The Morgan fingerprint density at radius 2 is 1.83 bits per heavy atom. The number of nitrogens with two attached hydrogens (primary N) is 1. The Morgan fingerprint density at radius 1 is 1.07 bits per heavy atom. The third kappa shape index (κ3) is 4.28. The summed E-state index contributed by atoms with van der Waals surface area (Å²) in [6.07, 6.45) is 0.433. The van der Waals surface area contributed by atoms with E-state index in [0.29, 0.717) is 24.6 Å². The van der Waals surface area contributed by atoms with Gasteiger partial charge in [-0.05, 0) is 41.0 Å². The van der Waals surface area contributed by atoms with Gasteiger partial charge in [0.2, 0.25) is 0 Å². The van der Waals surface area contributed by atoms with Crippen LogP contribution in [0.2, 0.25) is 0 Å². The van der Waals surface area contributed by atoms with Crippen molar-refractivity contribution in [3.8, 4) is 5.75 Å². The lowest BCUT2D eigenvalue weighted by Crippen LogP contribution is -2.38. The SMILES string of the molecule is NC(=S)c1cccc(CN2c3ccc(OCc4ccccc4)cc3CC2C(=O)O)c1. The number of nitrogens with zero attached hydrogens (tertiary/aromatic N) is 1. The van der Waals surface area contributed by atoms with E-state index in [4.69, 9.17) is 22.7 Å². The van der Waals surface area contributed by atoms with E-state index in [1.165, 1.54) is 0 Å². The zero-order valence-electron chi connectivity index (χ0n) is 16.3. The number of carboxylic acids is 1. The monoisotopic (exact) mass is 418 g/mol. The Kier molecular flexibility index (Phi) is 5.68. The lowest BCUT2D eigenvalue weighted by atomic mass is 10.1. The van der Waals surface area contributed by atoms with E-state index in [0.717, 1.165) is 33.7 Å². The molecule has 0 amide bonds. The summed E-state index contributed by atoms with van der Waals surface area (Å²) in [4.78, 5) is 14.2. The van der Waals surface area contributed by atoms with Crippen molar-refractivity contribution in [3.05, 3.63) is 95.1 Å². The standard InChI is InChI=1S/C24H22N2O3S/c25-23(30)18-8-4-7-17(11-18)14-26-21-10-9-20(12-19(21)13-22(26)24(27)28)29-15-16-5-2-1-3-6-16/h1-12,22H,13-15H2,(H2,25,30)(H,27,28). The van der Waals surface area contributed by atoms with E-state index in [-0.39, 0.29) is 0 Å². The first kappa shape index (κ1) is 19.9. The molecule has 0 saturated heterocycles. The van der Waals surface area contributed by atoms with Crippen LogP contribution in [0.5, 0.6) is 5.75 Å². The molecule has 0 bridgehead atoms. The number of thiocarbonyl (C=S) groups is 1. The topological polar surface area (TPSA) is 75.8 Å². The van der Waals surface area contributed by atoms with Crippen molar-refractivity contribution in [3.63, 3.8) is 0 Å². The molecule has 0 fully saturated rings. The van der Waals surface area contributed by atoms with Gasteiger partial charge in [-0.2, -0.15) is 0 Å². The van der Waals surface area contributed by atoms with Crippen LogP contribution in [0, 0.1) is 0 Å². The quantitative estimate of drug-likeness (QED) is 0.567. The summed E-state index contributed by atoms with van der Waals surface area (Å²) in [5.74, 6) is -0.109. The number of carbonyl (C=O) groups is 1. The summed E-state index contributed by atoms with van der Waals surface area (Å²) in [7, 11) is 0. The number of ether oxygens (including phenoxy) is 1. The first-order valence-electron chi connectivity index (χ1n) is 9.69. The van der Waals surface area contributed by atoms with Gasteiger partial charge in [-0.3, -0.25) is 0 Å². The average molecular weight is 419 g/mol. The normalized spacial score (nSPS) is 14.9. The summed E-state index contributed by atoms with van der Waals surface area (Å²) >= 11 is 5.06. The maximum Gasteiger partial charge on any atom is 0.326 e. The minimum absolute atomic E-state index is 0.327. The number of carboxylic acid groups (broad SMARTS) is 1. The Morgan fingerprint density at radius 3 is 2.57 bits per heavy atom. The molecule has 3 aromatic carbocycles. The Balaban J connectivity index is 1.56. The first-order chi connectivity index (χ1) is 14.5. The fourth-order valence-corrected chi connectivity index (χ4v) is 3.89.